The van der Waals surface area contributed by atoms with Crippen molar-refractivity contribution < 1.29 is 9.18 Å². The maximum absolute atomic E-state index is 13.1. The average molecular weight is 309 g/mol. The van der Waals surface area contributed by atoms with Crippen LogP contribution in [0.5, 0.6) is 0 Å². The molecule has 1 aromatic heterocycles. The van der Waals surface area contributed by atoms with Gasteiger partial charge in [-0.1, -0.05) is 0 Å². The third-order valence-corrected chi connectivity index (χ3v) is 3.14. The highest BCUT2D eigenvalue weighted by Gasteiger charge is 2.11. The first-order chi connectivity index (χ1) is 8.58. The van der Waals surface area contributed by atoms with Crippen LogP contribution < -0.4 is 5.73 Å². The second kappa shape index (κ2) is 5.27. The summed E-state index contributed by atoms with van der Waals surface area (Å²) >= 11 is 3.05. The number of hydrogen-bond donors (Lipinski definition) is 1. The van der Waals surface area contributed by atoms with E-state index >= 15 is 0 Å². The number of carbonyl (C=O) groups excluding carboxylic acids is 1. The van der Waals surface area contributed by atoms with Crippen molar-refractivity contribution in [3.05, 3.63) is 58.1 Å². The third kappa shape index (κ3) is 2.73. The van der Waals surface area contributed by atoms with E-state index in [-0.39, 0.29) is 16.7 Å². The Kier molecular flexibility index (Phi) is 3.72. The molecule has 2 N–H and O–H groups in total. The van der Waals surface area contributed by atoms with Gasteiger partial charge >= 0.3 is 0 Å². The molecule has 0 aliphatic rings. The number of nitrogens with zero attached hydrogens (tertiary/aromatic N) is 1. The summed E-state index contributed by atoms with van der Waals surface area (Å²) in [7, 11) is 0. The highest BCUT2D eigenvalue weighted by molar-refractivity contribution is 9.10. The molecule has 18 heavy (non-hydrogen) atoms. The number of rotatable bonds is 3. The first-order valence-electron chi connectivity index (χ1n) is 5.24. The lowest BCUT2D eigenvalue weighted by Crippen LogP contribution is -2.06. The number of hydrogen-bond acceptors (Lipinski definition) is 3. The van der Waals surface area contributed by atoms with Crippen molar-refractivity contribution in [2.45, 2.75) is 6.42 Å². The van der Waals surface area contributed by atoms with Crippen molar-refractivity contribution in [1.29, 1.82) is 0 Å². The second-order valence-corrected chi connectivity index (χ2v) is 4.66. The molecule has 0 aliphatic heterocycles. The van der Waals surface area contributed by atoms with E-state index in [4.69, 9.17) is 5.73 Å². The number of benzene rings is 1. The Balaban J connectivity index is 2.22. The molecule has 0 radical (unpaired) electrons. The Labute approximate surface area is 112 Å². The van der Waals surface area contributed by atoms with Gasteiger partial charge in [0.25, 0.3) is 0 Å². The van der Waals surface area contributed by atoms with Gasteiger partial charge in [0.15, 0.2) is 5.78 Å². The topological polar surface area (TPSA) is 56.0 Å². The normalized spacial score (nSPS) is 10.3. The molecule has 2 rings (SSSR count). The number of nitrogen functional groups attached to an aromatic ring is 1. The van der Waals surface area contributed by atoms with Crippen molar-refractivity contribution >= 4 is 27.4 Å². The fraction of sp³-hybridized carbons (Fsp3) is 0.0769. The largest absolute Gasteiger partial charge is 0.398 e. The highest BCUT2D eigenvalue weighted by atomic mass is 79.9. The molecule has 5 heteroatoms. The van der Waals surface area contributed by atoms with Gasteiger partial charge in [-0.2, -0.15) is 0 Å². The van der Waals surface area contributed by atoms with Gasteiger partial charge in [0.2, 0.25) is 0 Å². The number of carbonyl (C=O) groups is 1. The Morgan fingerprint density at radius 3 is 2.83 bits per heavy atom. The molecule has 1 heterocycles. The van der Waals surface area contributed by atoms with Crippen LogP contribution in [0, 0.1) is 5.82 Å². The molecule has 0 saturated carbocycles. The summed E-state index contributed by atoms with van der Waals surface area (Å²) in [5.74, 6) is -0.525. The summed E-state index contributed by atoms with van der Waals surface area (Å²) in [6.45, 7) is 0. The molecule has 0 saturated heterocycles. The van der Waals surface area contributed by atoms with Crippen molar-refractivity contribution in [1.82, 2.24) is 4.98 Å². The molecule has 0 aliphatic carbocycles. The number of Topliss-reactive ketones (excluding diaryl/α,β-unsaturated/α-hetero) is 1. The van der Waals surface area contributed by atoms with Crippen LogP contribution in [0.2, 0.25) is 0 Å². The van der Waals surface area contributed by atoms with Crippen molar-refractivity contribution in [2.24, 2.45) is 0 Å². The van der Waals surface area contributed by atoms with Gasteiger partial charge in [-0.15, -0.1) is 0 Å². The SMILES string of the molecule is Nc1ccncc1CC(=O)c1ccc(F)c(Br)c1. The van der Waals surface area contributed by atoms with Gasteiger partial charge in [-0.05, 0) is 40.2 Å². The number of ketones is 1. The average Bonchev–Trinajstić information content (AvgIpc) is 2.35. The van der Waals surface area contributed by atoms with Crippen LogP contribution in [-0.4, -0.2) is 10.8 Å². The zero-order chi connectivity index (χ0) is 13.1. The van der Waals surface area contributed by atoms with Crippen LogP contribution in [0.4, 0.5) is 10.1 Å². The summed E-state index contributed by atoms with van der Waals surface area (Å²) in [6, 6.07) is 5.81. The zero-order valence-corrected chi connectivity index (χ0v) is 10.9. The molecule has 0 spiro atoms. The molecule has 0 fully saturated rings. The van der Waals surface area contributed by atoms with E-state index in [1.807, 2.05) is 0 Å². The van der Waals surface area contributed by atoms with Crippen LogP contribution in [0.25, 0.3) is 0 Å². The van der Waals surface area contributed by atoms with Gasteiger partial charge in [0.1, 0.15) is 5.82 Å². The van der Waals surface area contributed by atoms with Crippen LogP contribution in [-0.2, 0) is 6.42 Å². The summed E-state index contributed by atoms with van der Waals surface area (Å²) in [6.07, 6.45) is 3.28. The van der Waals surface area contributed by atoms with Crippen molar-refractivity contribution in [2.75, 3.05) is 5.73 Å². The Morgan fingerprint density at radius 2 is 2.17 bits per heavy atom. The van der Waals surface area contributed by atoms with Gasteiger partial charge in [0, 0.05) is 35.6 Å². The first-order valence-corrected chi connectivity index (χ1v) is 6.04. The Bertz CT molecular complexity index is 601. The Morgan fingerprint density at radius 1 is 1.39 bits per heavy atom. The molecule has 0 amide bonds. The summed E-state index contributed by atoms with van der Waals surface area (Å²) in [4.78, 5) is 15.9. The second-order valence-electron chi connectivity index (χ2n) is 3.80. The summed E-state index contributed by atoms with van der Waals surface area (Å²) in [5, 5.41) is 0. The fourth-order valence-electron chi connectivity index (χ4n) is 1.53. The van der Waals surface area contributed by atoms with Crippen LogP contribution in [0.15, 0.2) is 41.1 Å². The van der Waals surface area contributed by atoms with Gasteiger partial charge in [-0.25, -0.2) is 4.39 Å². The minimum Gasteiger partial charge on any atom is -0.398 e. The smallest absolute Gasteiger partial charge is 0.167 e. The maximum Gasteiger partial charge on any atom is 0.167 e. The third-order valence-electron chi connectivity index (χ3n) is 2.53. The molecule has 0 atom stereocenters. The first kappa shape index (κ1) is 12.7. The monoisotopic (exact) mass is 308 g/mol. The van der Waals surface area contributed by atoms with Crippen molar-refractivity contribution in [3.63, 3.8) is 0 Å². The van der Waals surface area contributed by atoms with E-state index < -0.39 is 5.82 Å². The zero-order valence-electron chi connectivity index (χ0n) is 9.36. The maximum atomic E-state index is 13.1. The standard InChI is InChI=1S/C13H10BrFN2O/c14-10-5-8(1-2-11(10)15)13(18)6-9-7-17-4-3-12(9)16/h1-5,7H,6H2,(H2,16,17). The Hall–Kier alpha value is -1.75. The highest BCUT2D eigenvalue weighted by Crippen LogP contribution is 2.19. The lowest BCUT2D eigenvalue weighted by molar-refractivity contribution is 0.0993. The number of nitrogens with two attached hydrogens (primary N) is 1. The van der Waals surface area contributed by atoms with E-state index in [2.05, 4.69) is 20.9 Å². The lowest BCUT2D eigenvalue weighted by Gasteiger charge is -2.05. The van der Waals surface area contributed by atoms with E-state index in [0.717, 1.165) is 0 Å². The van der Waals surface area contributed by atoms with Crippen LogP contribution in [0.3, 0.4) is 0 Å². The molecule has 2 aromatic rings. The number of anilines is 1. The number of aromatic nitrogens is 1. The van der Waals surface area contributed by atoms with E-state index in [9.17, 15) is 9.18 Å². The predicted octanol–water partition coefficient (Wildman–Crippen LogP) is 2.99. The molecule has 92 valence electrons. The quantitative estimate of drug-likeness (QED) is 0.887. The van der Waals surface area contributed by atoms with Crippen molar-refractivity contribution in [3.8, 4) is 0 Å². The number of pyridine rings is 1. The minimum atomic E-state index is -0.396. The molecule has 0 bridgehead atoms. The summed E-state index contributed by atoms with van der Waals surface area (Å²) < 4.78 is 13.3. The van der Waals surface area contributed by atoms with Gasteiger partial charge in [-0.3, -0.25) is 9.78 Å². The van der Waals surface area contributed by atoms with Crippen LogP contribution in [0.1, 0.15) is 15.9 Å². The minimum absolute atomic E-state index is 0.129. The fourth-order valence-corrected chi connectivity index (χ4v) is 1.91. The lowest BCUT2D eigenvalue weighted by atomic mass is 10.0. The number of halogens is 2. The van der Waals surface area contributed by atoms with E-state index in [0.29, 0.717) is 16.8 Å². The summed E-state index contributed by atoms with van der Waals surface area (Å²) in [5.41, 5.74) is 7.37. The molecular weight excluding hydrogens is 299 g/mol. The van der Waals surface area contributed by atoms with Gasteiger partial charge < -0.3 is 5.73 Å². The van der Waals surface area contributed by atoms with E-state index in [1.54, 1.807) is 18.5 Å². The molecule has 3 nitrogen and oxygen atoms in total. The van der Waals surface area contributed by atoms with Crippen LogP contribution >= 0.6 is 15.9 Å². The molecule has 0 unspecified atom stereocenters. The van der Waals surface area contributed by atoms with E-state index in [1.165, 1.54) is 18.2 Å². The molecular formula is C13H10BrFN2O. The molecule has 1 aromatic carbocycles. The van der Waals surface area contributed by atoms with Gasteiger partial charge in [0.05, 0.1) is 4.47 Å². The predicted molar refractivity (Wildman–Crippen MR) is 70.8 cm³/mol.